The fourth-order valence-corrected chi connectivity index (χ4v) is 5.51. The zero-order valence-electron chi connectivity index (χ0n) is 16.0. The van der Waals surface area contributed by atoms with E-state index in [-0.39, 0.29) is 16.1 Å². The Hall–Kier alpha value is -1.83. The Bertz CT molecular complexity index is 895. The fourth-order valence-electron chi connectivity index (χ4n) is 3.10. The molecular weight excluding hydrogens is 392 g/mol. The highest BCUT2D eigenvalue weighted by Gasteiger charge is 2.26. The van der Waals surface area contributed by atoms with E-state index < -0.39 is 10.0 Å². The van der Waals surface area contributed by atoms with Gasteiger partial charge >= 0.3 is 0 Å². The molecule has 1 aliphatic rings. The average molecular weight is 419 g/mol. The predicted molar refractivity (Wildman–Crippen MR) is 115 cm³/mol. The number of carbonyl (C=O) groups is 1. The standard InChI is InChI=1S/C21H26N2O3S2/c1-17(27-16-18-9-4-2-5-10-18)21(24)22-19-11-8-12-20(15-19)28(25,26)23-13-6-3-7-14-23/h2,4-5,8-12,15,17H,3,6-7,13-14,16H2,1H3,(H,22,24). The van der Waals surface area contributed by atoms with Crippen molar-refractivity contribution in [1.29, 1.82) is 0 Å². The molecule has 0 saturated carbocycles. The second kappa shape index (κ2) is 9.58. The van der Waals surface area contributed by atoms with Crippen molar-refractivity contribution in [3.63, 3.8) is 0 Å². The van der Waals surface area contributed by atoms with Crippen molar-refractivity contribution in [2.24, 2.45) is 0 Å². The molecule has 3 rings (SSSR count). The summed E-state index contributed by atoms with van der Waals surface area (Å²) in [7, 11) is -3.51. The van der Waals surface area contributed by atoms with Gasteiger partial charge in [0.1, 0.15) is 0 Å². The molecule has 150 valence electrons. The summed E-state index contributed by atoms with van der Waals surface area (Å²) in [5, 5.41) is 2.60. The van der Waals surface area contributed by atoms with Gasteiger partial charge in [-0.3, -0.25) is 4.79 Å². The predicted octanol–water partition coefficient (Wildman–Crippen LogP) is 4.12. The van der Waals surface area contributed by atoms with Crippen molar-refractivity contribution in [1.82, 2.24) is 4.31 Å². The Balaban J connectivity index is 1.62. The Kier molecular flexibility index (Phi) is 7.15. The first-order chi connectivity index (χ1) is 13.5. The number of nitrogens with zero attached hydrogens (tertiary/aromatic N) is 1. The van der Waals surface area contributed by atoms with E-state index in [9.17, 15) is 13.2 Å². The second-order valence-electron chi connectivity index (χ2n) is 6.92. The molecule has 5 nitrogen and oxygen atoms in total. The van der Waals surface area contributed by atoms with Gasteiger partial charge in [0.2, 0.25) is 15.9 Å². The number of rotatable bonds is 7. The molecule has 1 atom stereocenters. The van der Waals surface area contributed by atoms with Crippen molar-refractivity contribution in [2.45, 2.75) is 42.1 Å². The molecule has 0 spiro atoms. The molecule has 0 bridgehead atoms. The fraction of sp³-hybridized carbons (Fsp3) is 0.381. The maximum absolute atomic E-state index is 12.8. The molecule has 2 aromatic rings. The third kappa shape index (κ3) is 5.37. The number of piperidine rings is 1. The van der Waals surface area contributed by atoms with Crippen LogP contribution in [0.15, 0.2) is 59.5 Å². The summed E-state index contributed by atoms with van der Waals surface area (Å²) in [4.78, 5) is 12.7. The summed E-state index contributed by atoms with van der Waals surface area (Å²) in [5.74, 6) is 0.618. The summed E-state index contributed by atoms with van der Waals surface area (Å²) in [5.41, 5.74) is 1.68. The molecule has 1 heterocycles. The molecule has 1 unspecified atom stereocenters. The molecule has 1 fully saturated rings. The highest BCUT2D eigenvalue weighted by atomic mass is 32.2. The summed E-state index contributed by atoms with van der Waals surface area (Å²) >= 11 is 1.55. The Morgan fingerprint density at radius 1 is 1.07 bits per heavy atom. The summed E-state index contributed by atoms with van der Waals surface area (Å²) < 4.78 is 27.2. The molecule has 0 aromatic heterocycles. The molecule has 0 aliphatic carbocycles. The van der Waals surface area contributed by atoms with Gasteiger partial charge < -0.3 is 5.32 Å². The summed E-state index contributed by atoms with van der Waals surface area (Å²) in [6.45, 7) is 2.98. The van der Waals surface area contributed by atoms with Crippen molar-refractivity contribution in [3.05, 3.63) is 60.2 Å². The van der Waals surface area contributed by atoms with Crippen LogP contribution >= 0.6 is 11.8 Å². The normalized spacial score (nSPS) is 16.5. The van der Waals surface area contributed by atoms with Crippen molar-refractivity contribution >= 4 is 33.4 Å². The van der Waals surface area contributed by atoms with Gasteiger partial charge in [-0.2, -0.15) is 4.31 Å². The van der Waals surface area contributed by atoms with Crippen LogP contribution in [-0.4, -0.2) is 37.0 Å². The smallest absolute Gasteiger partial charge is 0.243 e. The SMILES string of the molecule is CC(SCc1ccccc1)C(=O)Nc1cccc(S(=O)(=O)N2CCCCC2)c1. The van der Waals surface area contributed by atoms with E-state index in [1.54, 1.807) is 36.0 Å². The minimum atomic E-state index is -3.51. The highest BCUT2D eigenvalue weighted by Crippen LogP contribution is 2.24. The number of benzene rings is 2. The van der Waals surface area contributed by atoms with Gasteiger partial charge in [0, 0.05) is 24.5 Å². The monoisotopic (exact) mass is 418 g/mol. The molecule has 0 radical (unpaired) electrons. The molecule has 1 aliphatic heterocycles. The number of thioether (sulfide) groups is 1. The van der Waals surface area contributed by atoms with Crippen molar-refractivity contribution in [3.8, 4) is 0 Å². The van der Waals surface area contributed by atoms with Crippen LogP contribution in [0.5, 0.6) is 0 Å². The number of hydrogen-bond acceptors (Lipinski definition) is 4. The van der Waals surface area contributed by atoms with Crippen LogP contribution in [0.3, 0.4) is 0 Å². The highest BCUT2D eigenvalue weighted by molar-refractivity contribution is 7.99. The quantitative estimate of drug-likeness (QED) is 0.734. The minimum Gasteiger partial charge on any atom is -0.325 e. The van der Waals surface area contributed by atoms with Crippen LogP contribution in [0.25, 0.3) is 0 Å². The van der Waals surface area contributed by atoms with Crippen LogP contribution in [-0.2, 0) is 20.6 Å². The molecule has 28 heavy (non-hydrogen) atoms. The van der Waals surface area contributed by atoms with Crippen LogP contribution in [0.2, 0.25) is 0 Å². The first kappa shape index (κ1) is 20.9. The number of amides is 1. The van der Waals surface area contributed by atoms with Gasteiger partial charge in [-0.15, -0.1) is 11.8 Å². The van der Waals surface area contributed by atoms with Gasteiger partial charge in [-0.25, -0.2) is 8.42 Å². The summed E-state index contributed by atoms with van der Waals surface area (Å²) in [6, 6.07) is 16.5. The van der Waals surface area contributed by atoms with E-state index in [4.69, 9.17) is 0 Å². The lowest BCUT2D eigenvalue weighted by atomic mass is 10.2. The number of sulfonamides is 1. The van der Waals surface area contributed by atoms with E-state index in [0.29, 0.717) is 18.8 Å². The minimum absolute atomic E-state index is 0.131. The van der Waals surface area contributed by atoms with Crippen LogP contribution in [0, 0.1) is 0 Å². The number of anilines is 1. The lowest BCUT2D eigenvalue weighted by molar-refractivity contribution is -0.115. The van der Waals surface area contributed by atoms with Gasteiger partial charge in [0.05, 0.1) is 10.1 Å². The molecule has 1 saturated heterocycles. The number of carbonyl (C=O) groups excluding carboxylic acids is 1. The zero-order chi connectivity index (χ0) is 20.0. The lowest BCUT2D eigenvalue weighted by Gasteiger charge is -2.26. The van der Waals surface area contributed by atoms with Crippen LogP contribution in [0.1, 0.15) is 31.7 Å². The first-order valence-corrected chi connectivity index (χ1v) is 12.0. The second-order valence-corrected chi connectivity index (χ2v) is 10.2. The molecule has 7 heteroatoms. The first-order valence-electron chi connectivity index (χ1n) is 9.53. The molecular formula is C21H26N2O3S2. The van der Waals surface area contributed by atoms with E-state index in [2.05, 4.69) is 5.32 Å². The van der Waals surface area contributed by atoms with Gasteiger partial charge in [0.15, 0.2) is 0 Å². The van der Waals surface area contributed by atoms with Crippen molar-refractivity contribution < 1.29 is 13.2 Å². The maximum Gasteiger partial charge on any atom is 0.243 e. The van der Waals surface area contributed by atoms with E-state index in [1.807, 2.05) is 37.3 Å². The molecule has 1 N–H and O–H groups in total. The lowest BCUT2D eigenvalue weighted by Crippen LogP contribution is -2.35. The largest absolute Gasteiger partial charge is 0.325 e. The Morgan fingerprint density at radius 3 is 2.50 bits per heavy atom. The molecule has 1 amide bonds. The number of hydrogen-bond donors (Lipinski definition) is 1. The van der Waals surface area contributed by atoms with Gasteiger partial charge in [0.25, 0.3) is 0 Å². The zero-order valence-corrected chi connectivity index (χ0v) is 17.6. The Morgan fingerprint density at radius 2 is 1.79 bits per heavy atom. The third-order valence-electron chi connectivity index (χ3n) is 4.77. The van der Waals surface area contributed by atoms with Gasteiger partial charge in [-0.1, -0.05) is 42.8 Å². The van der Waals surface area contributed by atoms with Crippen molar-refractivity contribution in [2.75, 3.05) is 18.4 Å². The molecule has 2 aromatic carbocycles. The van der Waals surface area contributed by atoms with Crippen LogP contribution in [0.4, 0.5) is 5.69 Å². The third-order valence-corrected chi connectivity index (χ3v) is 7.88. The van der Waals surface area contributed by atoms with E-state index >= 15 is 0 Å². The number of nitrogens with one attached hydrogen (secondary N) is 1. The van der Waals surface area contributed by atoms with E-state index in [0.717, 1.165) is 25.0 Å². The Labute approximate surface area is 171 Å². The van der Waals surface area contributed by atoms with Crippen LogP contribution < -0.4 is 5.32 Å². The van der Waals surface area contributed by atoms with E-state index in [1.165, 1.54) is 9.87 Å². The topological polar surface area (TPSA) is 66.5 Å². The van der Waals surface area contributed by atoms with Gasteiger partial charge in [-0.05, 0) is 43.5 Å². The average Bonchev–Trinajstić information content (AvgIpc) is 2.73. The maximum atomic E-state index is 12.8. The summed E-state index contributed by atoms with van der Waals surface area (Å²) in [6.07, 6.45) is 2.86.